The standard InChI is InChI=1S/C49H49F4N7O4/c1-47-24-38(60(39(47)25-47)40(61)21-28-11-15-48(50,51)16-12-28)44-54-33-9-6-27(20-35(33)56-44)4-3-26-5-8-32-30(19-26)7-10-34-42(32)57-43(55-34)37-23-31-22-36(31)59(37)45(62)41(58-46(63)64-2)29-13-17-49(52,53)18-14-29/h5-10,19-20,25,28-29,31,36-38,41H,11-18,21-24H2,1-2H3,(H,54,56)(H,55,57)(H,58,63)/t31-,36-,37+,38+,41+,47+/m1/s1. The zero-order chi connectivity index (χ0) is 44.3. The fourth-order valence-electron chi connectivity index (χ4n) is 11.2. The number of hydrogen-bond donors (Lipinski definition) is 3. The van der Waals surface area contributed by atoms with Gasteiger partial charge in [0.15, 0.2) is 0 Å². The van der Waals surface area contributed by atoms with Gasteiger partial charge in [-0.25, -0.2) is 32.3 Å². The molecule has 11 nitrogen and oxygen atoms in total. The molecular formula is C49H49F4N7O4. The highest BCUT2D eigenvalue weighted by atomic mass is 19.3. The third-order valence-corrected chi connectivity index (χ3v) is 15.0. The van der Waals surface area contributed by atoms with Crippen molar-refractivity contribution >= 4 is 50.7 Å². The number of ether oxygens (including phenoxy) is 1. The Hall–Kier alpha value is -5.91. The number of nitrogens with zero attached hydrogens (tertiary/aromatic N) is 4. The van der Waals surface area contributed by atoms with E-state index in [1.807, 2.05) is 58.3 Å². The molecule has 64 heavy (non-hydrogen) atoms. The Labute approximate surface area is 366 Å². The monoisotopic (exact) mass is 875 g/mol. The van der Waals surface area contributed by atoms with Crippen molar-refractivity contribution in [1.82, 2.24) is 35.1 Å². The predicted molar refractivity (Wildman–Crippen MR) is 230 cm³/mol. The smallest absolute Gasteiger partial charge is 0.407 e. The molecule has 2 aliphatic heterocycles. The number of hydrogen-bond acceptors (Lipinski definition) is 6. The van der Waals surface area contributed by atoms with Gasteiger partial charge in [-0.2, -0.15) is 0 Å². The van der Waals surface area contributed by atoms with Gasteiger partial charge in [0.05, 0.1) is 41.3 Å². The molecule has 2 aromatic heterocycles. The molecule has 6 aliphatic rings. The van der Waals surface area contributed by atoms with Crippen LogP contribution in [0, 0.1) is 35.0 Å². The van der Waals surface area contributed by atoms with E-state index >= 15 is 0 Å². The van der Waals surface area contributed by atoms with E-state index in [1.165, 1.54) is 7.11 Å². The summed E-state index contributed by atoms with van der Waals surface area (Å²) in [6.45, 7) is 2.12. The number of rotatable bonds is 7. The van der Waals surface area contributed by atoms with Crippen molar-refractivity contribution < 1.29 is 36.7 Å². The van der Waals surface area contributed by atoms with E-state index in [0.717, 1.165) is 68.9 Å². The van der Waals surface area contributed by atoms with Gasteiger partial charge < -0.3 is 29.8 Å². The number of halogens is 4. The van der Waals surface area contributed by atoms with Crippen LogP contribution in [0.25, 0.3) is 32.8 Å². The van der Waals surface area contributed by atoms with E-state index in [9.17, 15) is 31.9 Å². The molecule has 332 valence electrons. The summed E-state index contributed by atoms with van der Waals surface area (Å²) in [6, 6.07) is 14.2. The largest absolute Gasteiger partial charge is 0.453 e. The number of H-pyrrole nitrogens is 2. The maximum absolute atomic E-state index is 14.3. The van der Waals surface area contributed by atoms with E-state index in [-0.39, 0.29) is 86.2 Å². The summed E-state index contributed by atoms with van der Waals surface area (Å²) in [5.41, 5.74) is 5.62. The maximum Gasteiger partial charge on any atom is 0.407 e. The Kier molecular flexibility index (Phi) is 9.46. The summed E-state index contributed by atoms with van der Waals surface area (Å²) in [6.07, 6.45) is 3.93. The lowest BCUT2D eigenvalue weighted by Crippen LogP contribution is -2.54. The first-order valence-corrected chi connectivity index (χ1v) is 22.6. The van der Waals surface area contributed by atoms with Crippen molar-refractivity contribution in [2.45, 2.75) is 120 Å². The maximum atomic E-state index is 14.3. The molecule has 15 heteroatoms. The number of aromatic nitrogens is 4. The van der Waals surface area contributed by atoms with Crippen LogP contribution in [-0.4, -0.2) is 78.7 Å². The number of benzene rings is 3. The third-order valence-electron chi connectivity index (χ3n) is 15.0. The van der Waals surface area contributed by atoms with Gasteiger partial charge in [0.2, 0.25) is 23.7 Å². The Morgan fingerprint density at radius 3 is 2.30 bits per heavy atom. The molecule has 0 spiro atoms. The average molecular weight is 876 g/mol. The Morgan fingerprint density at radius 1 is 0.859 bits per heavy atom. The van der Waals surface area contributed by atoms with E-state index in [1.54, 1.807) is 0 Å². The first-order chi connectivity index (χ1) is 30.6. The van der Waals surface area contributed by atoms with E-state index in [4.69, 9.17) is 14.7 Å². The molecule has 0 unspecified atom stereocenters. The van der Waals surface area contributed by atoms with Crippen molar-refractivity contribution in [3.8, 4) is 11.8 Å². The van der Waals surface area contributed by atoms with Crippen LogP contribution >= 0.6 is 0 Å². The van der Waals surface area contributed by atoms with Crippen LogP contribution in [-0.2, 0) is 14.3 Å². The zero-order valence-corrected chi connectivity index (χ0v) is 35.7. The molecule has 3 N–H and O–H groups in total. The summed E-state index contributed by atoms with van der Waals surface area (Å²) in [5, 5.41) is 4.57. The molecule has 11 rings (SSSR count). The van der Waals surface area contributed by atoms with Crippen LogP contribution in [0.1, 0.15) is 119 Å². The van der Waals surface area contributed by atoms with Gasteiger partial charge in [0.25, 0.3) is 0 Å². The SMILES string of the molecule is COC(=O)N[C@H](C(=O)N1[C@@H]2C[C@@H]2C[C@H]1c1nc2c(ccc3cc(C#Cc4ccc5nc([C@@H]6C[C@@]7(C)C=C7N6C(=O)CC6CCC(F)(F)CC6)[nH]c5c4)ccc32)[nH]1)C1CCC(F)(F)CC1. The number of alkyl carbamates (subject to hydrolysis) is 1. The number of allylic oxidation sites excluding steroid dienone is 2. The van der Waals surface area contributed by atoms with Crippen molar-refractivity contribution in [3.63, 3.8) is 0 Å². The lowest BCUT2D eigenvalue weighted by molar-refractivity contribution is -0.138. The predicted octanol–water partition coefficient (Wildman–Crippen LogP) is 9.60. The molecule has 5 fully saturated rings. The highest BCUT2D eigenvalue weighted by Crippen LogP contribution is 2.61. The van der Waals surface area contributed by atoms with Gasteiger partial charge >= 0.3 is 6.09 Å². The number of nitrogens with one attached hydrogen (secondary N) is 3. The lowest BCUT2D eigenvalue weighted by Gasteiger charge is -2.37. The molecule has 0 bridgehead atoms. The minimum absolute atomic E-state index is 0.00621. The van der Waals surface area contributed by atoms with Crippen LogP contribution in [0.3, 0.4) is 0 Å². The van der Waals surface area contributed by atoms with Crippen molar-refractivity contribution in [3.05, 3.63) is 83.1 Å². The van der Waals surface area contributed by atoms with Gasteiger partial charge in [-0.15, -0.1) is 0 Å². The second-order valence-electron chi connectivity index (χ2n) is 19.4. The number of likely N-dealkylation sites (tertiary alicyclic amines) is 2. The Balaban J connectivity index is 0.805. The molecule has 3 aromatic carbocycles. The fourth-order valence-corrected chi connectivity index (χ4v) is 11.2. The Bertz CT molecular complexity index is 2840. The lowest BCUT2D eigenvalue weighted by atomic mass is 9.81. The number of carbonyl (C=O) groups excluding carboxylic acids is 3. The normalized spacial score (nSPS) is 27.4. The zero-order valence-electron chi connectivity index (χ0n) is 35.7. The van der Waals surface area contributed by atoms with E-state index in [0.29, 0.717) is 30.4 Å². The Morgan fingerprint density at radius 2 is 1.55 bits per heavy atom. The molecule has 2 saturated heterocycles. The number of methoxy groups -OCH3 is 1. The summed E-state index contributed by atoms with van der Waals surface area (Å²) in [4.78, 5) is 61.0. The second kappa shape index (κ2) is 14.8. The molecule has 6 atom stereocenters. The first kappa shape index (κ1) is 40.8. The molecule has 3 saturated carbocycles. The number of amides is 3. The summed E-state index contributed by atoms with van der Waals surface area (Å²) < 4.78 is 60.7. The number of carbonyl (C=O) groups is 3. The number of aromatic amines is 2. The second-order valence-corrected chi connectivity index (χ2v) is 19.4. The van der Waals surface area contributed by atoms with Crippen LogP contribution in [0.4, 0.5) is 22.4 Å². The summed E-state index contributed by atoms with van der Waals surface area (Å²) >= 11 is 0. The van der Waals surface area contributed by atoms with Crippen molar-refractivity contribution in [2.24, 2.45) is 23.2 Å². The van der Waals surface area contributed by atoms with Crippen LogP contribution in [0.2, 0.25) is 0 Å². The highest BCUT2D eigenvalue weighted by molar-refractivity contribution is 6.04. The third kappa shape index (κ3) is 7.36. The molecular weight excluding hydrogens is 827 g/mol. The van der Waals surface area contributed by atoms with Gasteiger partial charge in [0, 0.05) is 65.8 Å². The molecule has 4 aliphatic carbocycles. The van der Waals surface area contributed by atoms with Crippen molar-refractivity contribution in [2.75, 3.05) is 7.11 Å². The fraction of sp³-hybridized carbons (Fsp3) is 0.490. The van der Waals surface area contributed by atoms with Gasteiger partial charge in [-0.1, -0.05) is 37.0 Å². The number of imidazole rings is 2. The van der Waals surface area contributed by atoms with Gasteiger partial charge in [0.1, 0.15) is 17.7 Å². The van der Waals surface area contributed by atoms with E-state index < -0.39 is 29.9 Å². The molecule has 3 amide bonds. The quantitative estimate of drug-likeness (QED) is 0.110. The minimum atomic E-state index is -2.77. The van der Waals surface area contributed by atoms with Crippen LogP contribution in [0.15, 0.2) is 60.3 Å². The van der Waals surface area contributed by atoms with Gasteiger partial charge in [-0.3, -0.25) is 9.59 Å². The molecule has 4 heterocycles. The van der Waals surface area contributed by atoms with Crippen LogP contribution < -0.4 is 5.32 Å². The van der Waals surface area contributed by atoms with Gasteiger partial charge in [-0.05, 0) is 104 Å². The number of piperidine rings is 1. The van der Waals surface area contributed by atoms with Crippen LogP contribution in [0.5, 0.6) is 0 Å². The number of alkyl halides is 4. The van der Waals surface area contributed by atoms with Crippen molar-refractivity contribution in [1.29, 1.82) is 0 Å². The summed E-state index contributed by atoms with van der Waals surface area (Å²) in [5.74, 6) is 2.10. The van der Waals surface area contributed by atoms with E-state index in [2.05, 4.69) is 40.1 Å². The minimum Gasteiger partial charge on any atom is -0.453 e. The molecule has 0 radical (unpaired) electrons. The molecule has 5 aromatic rings. The number of fused-ring (bicyclic) bond motifs is 6. The first-order valence-electron chi connectivity index (χ1n) is 22.6. The highest BCUT2D eigenvalue weighted by Gasteiger charge is 2.58. The average Bonchev–Trinajstić information content (AvgIpc) is 3.83. The topological polar surface area (TPSA) is 136 Å². The summed E-state index contributed by atoms with van der Waals surface area (Å²) in [7, 11) is 1.22.